The summed E-state index contributed by atoms with van der Waals surface area (Å²) in [6, 6.07) is 9.48. The fourth-order valence-corrected chi connectivity index (χ4v) is 2.90. The molecule has 1 saturated heterocycles. The van der Waals surface area contributed by atoms with Crippen LogP contribution in [-0.4, -0.2) is 42.0 Å². The van der Waals surface area contributed by atoms with Gasteiger partial charge < -0.3 is 14.8 Å². The van der Waals surface area contributed by atoms with Gasteiger partial charge in [0.15, 0.2) is 0 Å². The summed E-state index contributed by atoms with van der Waals surface area (Å²) in [5, 5.41) is 10.2. The maximum Gasteiger partial charge on any atom is 0.268 e. The number of fused-ring (bicyclic) bond motifs is 1. The highest BCUT2D eigenvalue weighted by Crippen LogP contribution is 2.28. The number of carbonyl (C=O) groups excluding carboxylic acids is 1. The number of carbonyl (C=O) groups is 1. The summed E-state index contributed by atoms with van der Waals surface area (Å²) in [6.45, 7) is 3.98. The van der Waals surface area contributed by atoms with Crippen LogP contribution in [0.3, 0.4) is 0 Å². The highest BCUT2D eigenvalue weighted by Gasteiger charge is 2.23. The van der Waals surface area contributed by atoms with Crippen molar-refractivity contribution in [3.8, 4) is 6.07 Å². The minimum absolute atomic E-state index is 0.0518. The second kappa shape index (κ2) is 5.53. The maximum absolute atomic E-state index is 12.1. The first-order valence-corrected chi connectivity index (χ1v) is 7.17. The van der Waals surface area contributed by atoms with Gasteiger partial charge in [-0.05, 0) is 6.07 Å². The molecule has 1 fully saturated rings. The van der Waals surface area contributed by atoms with Crippen LogP contribution in [0.1, 0.15) is 12.5 Å². The van der Waals surface area contributed by atoms with Gasteiger partial charge in [0.25, 0.3) is 5.56 Å². The van der Waals surface area contributed by atoms with E-state index in [0.29, 0.717) is 31.9 Å². The van der Waals surface area contributed by atoms with Crippen LogP contribution in [0.5, 0.6) is 0 Å². The molecular formula is C16H16N4O2. The van der Waals surface area contributed by atoms with Crippen molar-refractivity contribution < 1.29 is 4.79 Å². The first-order valence-electron chi connectivity index (χ1n) is 7.17. The van der Waals surface area contributed by atoms with Crippen LogP contribution >= 0.6 is 0 Å². The van der Waals surface area contributed by atoms with E-state index in [1.807, 2.05) is 35.2 Å². The number of hydrogen-bond donors (Lipinski definition) is 1. The Hall–Kier alpha value is -2.81. The van der Waals surface area contributed by atoms with Crippen LogP contribution in [0.15, 0.2) is 29.1 Å². The number of pyridine rings is 1. The number of piperazine rings is 1. The molecule has 2 heterocycles. The Morgan fingerprint density at radius 2 is 1.91 bits per heavy atom. The summed E-state index contributed by atoms with van der Waals surface area (Å²) in [6.07, 6.45) is 0. The molecule has 1 aliphatic rings. The fraction of sp³-hybridized carbons (Fsp3) is 0.312. The quantitative estimate of drug-likeness (QED) is 0.853. The van der Waals surface area contributed by atoms with Gasteiger partial charge in [0.05, 0.1) is 11.2 Å². The Morgan fingerprint density at radius 1 is 1.23 bits per heavy atom. The topological polar surface area (TPSA) is 80.2 Å². The first-order chi connectivity index (χ1) is 10.6. The number of nitriles is 1. The SMILES string of the molecule is CC(=O)N1CCN(c2c(C#N)c(=O)[nH]c3ccccc23)CC1. The molecule has 0 aliphatic carbocycles. The van der Waals surface area contributed by atoms with Crippen molar-refractivity contribution in [1.82, 2.24) is 9.88 Å². The fourth-order valence-electron chi connectivity index (χ4n) is 2.90. The molecule has 0 spiro atoms. The van der Waals surface area contributed by atoms with Gasteiger partial charge in [0, 0.05) is 38.5 Å². The molecular weight excluding hydrogens is 280 g/mol. The van der Waals surface area contributed by atoms with Crippen molar-refractivity contribution in [2.24, 2.45) is 0 Å². The average Bonchev–Trinajstić information content (AvgIpc) is 2.53. The van der Waals surface area contributed by atoms with Crippen molar-refractivity contribution in [2.45, 2.75) is 6.92 Å². The number of H-pyrrole nitrogens is 1. The highest BCUT2D eigenvalue weighted by molar-refractivity contribution is 5.94. The van der Waals surface area contributed by atoms with Crippen molar-refractivity contribution in [3.63, 3.8) is 0 Å². The van der Waals surface area contributed by atoms with Crippen molar-refractivity contribution in [1.29, 1.82) is 5.26 Å². The largest absolute Gasteiger partial charge is 0.366 e. The van der Waals surface area contributed by atoms with Crippen LogP contribution in [0.2, 0.25) is 0 Å². The normalized spacial score (nSPS) is 14.9. The second-order valence-electron chi connectivity index (χ2n) is 5.33. The molecule has 0 atom stereocenters. The third kappa shape index (κ3) is 2.31. The summed E-state index contributed by atoms with van der Waals surface area (Å²) < 4.78 is 0. The third-order valence-electron chi connectivity index (χ3n) is 4.05. The summed E-state index contributed by atoms with van der Waals surface area (Å²) >= 11 is 0. The molecule has 0 radical (unpaired) electrons. The highest BCUT2D eigenvalue weighted by atomic mass is 16.2. The number of nitrogens with zero attached hydrogens (tertiary/aromatic N) is 3. The van der Waals surface area contributed by atoms with Crippen LogP contribution in [0.25, 0.3) is 10.9 Å². The summed E-state index contributed by atoms with van der Waals surface area (Å²) in [4.78, 5) is 30.1. The van der Waals surface area contributed by atoms with E-state index in [9.17, 15) is 14.9 Å². The molecule has 1 aliphatic heterocycles. The number of aromatic amines is 1. The van der Waals surface area contributed by atoms with Gasteiger partial charge in [-0.3, -0.25) is 9.59 Å². The van der Waals surface area contributed by atoms with E-state index in [1.165, 1.54) is 0 Å². The lowest BCUT2D eigenvalue weighted by molar-refractivity contribution is -0.129. The lowest BCUT2D eigenvalue weighted by Gasteiger charge is -2.36. The predicted octanol–water partition coefficient (Wildman–Crippen LogP) is 1.07. The standard InChI is InChI=1S/C16H16N4O2/c1-11(21)19-6-8-20(9-7-19)15-12-4-2-3-5-14(12)18-16(22)13(15)10-17/h2-5H,6-9H2,1H3,(H,18,22). The van der Waals surface area contributed by atoms with E-state index in [-0.39, 0.29) is 17.0 Å². The molecule has 22 heavy (non-hydrogen) atoms. The second-order valence-corrected chi connectivity index (χ2v) is 5.33. The molecule has 1 amide bonds. The molecule has 1 aromatic heterocycles. The van der Waals surface area contributed by atoms with E-state index in [0.717, 1.165) is 10.9 Å². The Kier molecular flexibility index (Phi) is 3.55. The summed E-state index contributed by atoms with van der Waals surface area (Å²) in [7, 11) is 0. The van der Waals surface area contributed by atoms with Gasteiger partial charge in [0.1, 0.15) is 11.6 Å². The van der Waals surface area contributed by atoms with Crippen molar-refractivity contribution >= 4 is 22.5 Å². The van der Waals surface area contributed by atoms with Crippen LogP contribution in [0, 0.1) is 11.3 Å². The molecule has 6 heteroatoms. The number of para-hydroxylation sites is 1. The van der Waals surface area contributed by atoms with Crippen LogP contribution < -0.4 is 10.5 Å². The predicted molar refractivity (Wildman–Crippen MR) is 83.8 cm³/mol. The number of rotatable bonds is 1. The molecule has 0 saturated carbocycles. The lowest BCUT2D eigenvalue weighted by Crippen LogP contribution is -2.48. The monoisotopic (exact) mass is 296 g/mol. The molecule has 0 unspecified atom stereocenters. The van der Waals surface area contributed by atoms with E-state index in [1.54, 1.807) is 11.8 Å². The van der Waals surface area contributed by atoms with Gasteiger partial charge in [0.2, 0.25) is 5.91 Å². The molecule has 0 bridgehead atoms. The molecule has 1 aromatic carbocycles. The first kappa shape index (κ1) is 14.1. The van der Waals surface area contributed by atoms with Gasteiger partial charge in [-0.2, -0.15) is 5.26 Å². The number of nitrogens with one attached hydrogen (secondary N) is 1. The minimum Gasteiger partial charge on any atom is -0.366 e. The molecule has 6 nitrogen and oxygen atoms in total. The molecule has 1 N–H and O–H groups in total. The maximum atomic E-state index is 12.1. The van der Waals surface area contributed by atoms with Crippen molar-refractivity contribution in [2.75, 3.05) is 31.1 Å². The summed E-state index contributed by atoms with van der Waals surface area (Å²) in [5.74, 6) is 0.0518. The zero-order valence-corrected chi connectivity index (χ0v) is 12.3. The Balaban J connectivity index is 2.09. The van der Waals surface area contributed by atoms with E-state index in [4.69, 9.17) is 0 Å². The molecule has 3 rings (SSSR count). The average molecular weight is 296 g/mol. The van der Waals surface area contributed by atoms with Crippen LogP contribution in [-0.2, 0) is 4.79 Å². The van der Waals surface area contributed by atoms with Gasteiger partial charge in [-0.25, -0.2) is 0 Å². The Labute approximate surface area is 127 Å². The number of benzene rings is 1. The van der Waals surface area contributed by atoms with E-state index < -0.39 is 0 Å². The third-order valence-corrected chi connectivity index (χ3v) is 4.05. The smallest absolute Gasteiger partial charge is 0.268 e. The van der Waals surface area contributed by atoms with E-state index >= 15 is 0 Å². The van der Waals surface area contributed by atoms with Crippen LogP contribution in [0.4, 0.5) is 5.69 Å². The van der Waals surface area contributed by atoms with E-state index in [2.05, 4.69) is 4.98 Å². The van der Waals surface area contributed by atoms with Gasteiger partial charge in [-0.1, -0.05) is 18.2 Å². The number of aromatic nitrogens is 1. The molecule has 2 aromatic rings. The zero-order valence-electron chi connectivity index (χ0n) is 12.3. The zero-order chi connectivity index (χ0) is 15.7. The summed E-state index contributed by atoms with van der Waals surface area (Å²) in [5.41, 5.74) is 1.15. The number of anilines is 1. The molecule has 112 valence electrons. The Bertz CT molecular complexity index is 826. The number of hydrogen-bond acceptors (Lipinski definition) is 4. The lowest BCUT2D eigenvalue weighted by atomic mass is 10.1. The van der Waals surface area contributed by atoms with Gasteiger partial charge >= 0.3 is 0 Å². The Morgan fingerprint density at radius 3 is 2.55 bits per heavy atom. The van der Waals surface area contributed by atoms with Gasteiger partial charge in [-0.15, -0.1) is 0 Å². The van der Waals surface area contributed by atoms with Crippen molar-refractivity contribution in [3.05, 3.63) is 40.2 Å². The number of amides is 1. The minimum atomic E-state index is -0.370.